The Labute approximate surface area is 242 Å². The normalized spacial score (nSPS) is 15.6. The summed E-state index contributed by atoms with van der Waals surface area (Å²) in [6.07, 6.45) is 4.76. The average molecular weight is 579 g/mol. The molecule has 2 amide bonds. The van der Waals surface area contributed by atoms with Crippen LogP contribution in [0.25, 0.3) is 0 Å². The summed E-state index contributed by atoms with van der Waals surface area (Å²) in [5, 5.41) is 11.5. The van der Waals surface area contributed by atoms with Crippen LogP contribution in [0.2, 0.25) is 0 Å². The molecule has 0 unspecified atom stereocenters. The van der Waals surface area contributed by atoms with E-state index in [-0.39, 0.29) is 48.4 Å². The Morgan fingerprint density at radius 3 is 2.62 bits per heavy atom. The Kier molecular flexibility index (Phi) is 8.65. The monoisotopic (exact) mass is 578 g/mol. The van der Waals surface area contributed by atoms with Gasteiger partial charge in [-0.15, -0.1) is 8.78 Å². The van der Waals surface area contributed by atoms with Crippen molar-refractivity contribution in [2.24, 2.45) is 0 Å². The van der Waals surface area contributed by atoms with Gasteiger partial charge in [0.25, 0.3) is 5.91 Å². The van der Waals surface area contributed by atoms with Crippen molar-refractivity contribution in [3.05, 3.63) is 77.6 Å². The first-order valence-electron chi connectivity index (χ1n) is 14.0. The van der Waals surface area contributed by atoms with Gasteiger partial charge in [-0.05, 0) is 62.4 Å². The molecular formula is C31H32F2N4O5. The first-order chi connectivity index (χ1) is 20.2. The van der Waals surface area contributed by atoms with Crippen molar-refractivity contribution in [1.82, 2.24) is 10.3 Å². The van der Waals surface area contributed by atoms with Gasteiger partial charge in [0.1, 0.15) is 5.75 Å². The number of nitrogens with zero attached hydrogens (tertiary/aromatic N) is 2. The first-order valence-corrected chi connectivity index (χ1v) is 14.0. The van der Waals surface area contributed by atoms with Crippen LogP contribution in [0.1, 0.15) is 60.5 Å². The van der Waals surface area contributed by atoms with E-state index in [0.717, 1.165) is 37.7 Å². The van der Waals surface area contributed by atoms with Crippen LogP contribution in [0.3, 0.4) is 0 Å². The van der Waals surface area contributed by atoms with E-state index >= 15 is 0 Å². The largest absolute Gasteiger partial charge is 0.586 e. The number of pyridine rings is 1. The third kappa shape index (κ3) is 6.67. The quantitative estimate of drug-likeness (QED) is 0.307. The Hall–Kier alpha value is -4.54. The molecule has 2 N–H and O–H groups in total. The molecule has 0 radical (unpaired) electrons. The minimum atomic E-state index is -3.77. The SMILES string of the molecule is CCN(C(=O)CNC(=O)c1c(OC2CCCCC2)cccc1C(=N)Cc1cccnc1)c1ccc2c(c1)OC(F)(F)O2. The van der Waals surface area contributed by atoms with Crippen LogP contribution in [-0.2, 0) is 11.2 Å². The van der Waals surface area contributed by atoms with E-state index in [9.17, 15) is 18.4 Å². The highest BCUT2D eigenvalue weighted by Gasteiger charge is 2.43. The zero-order valence-electron chi connectivity index (χ0n) is 23.2. The van der Waals surface area contributed by atoms with Crippen LogP contribution in [0.5, 0.6) is 17.2 Å². The predicted molar refractivity (Wildman–Crippen MR) is 152 cm³/mol. The van der Waals surface area contributed by atoms with Crippen LogP contribution < -0.4 is 24.4 Å². The summed E-state index contributed by atoms with van der Waals surface area (Å²) in [6.45, 7) is 1.57. The Bertz CT molecular complexity index is 1460. The average Bonchev–Trinajstić information content (AvgIpc) is 3.30. The maximum Gasteiger partial charge on any atom is 0.586 e. The zero-order valence-corrected chi connectivity index (χ0v) is 23.2. The number of anilines is 1. The number of likely N-dealkylation sites (N-methyl/N-ethyl adjacent to an activating group) is 1. The third-order valence-electron chi connectivity index (χ3n) is 7.24. The minimum Gasteiger partial charge on any atom is -0.490 e. The smallest absolute Gasteiger partial charge is 0.490 e. The fourth-order valence-electron chi connectivity index (χ4n) is 5.23. The van der Waals surface area contributed by atoms with Crippen LogP contribution in [0, 0.1) is 5.41 Å². The fourth-order valence-corrected chi connectivity index (χ4v) is 5.23. The lowest BCUT2D eigenvalue weighted by atomic mass is 9.95. The maximum atomic E-state index is 13.7. The fraction of sp³-hybridized carbons (Fsp3) is 0.355. The molecule has 5 rings (SSSR count). The van der Waals surface area contributed by atoms with E-state index in [1.807, 2.05) is 6.07 Å². The molecule has 0 spiro atoms. The maximum absolute atomic E-state index is 13.7. The highest BCUT2D eigenvalue weighted by Crippen LogP contribution is 2.42. The Balaban J connectivity index is 1.35. The molecule has 0 saturated heterocycles. The summed E-state index contributed by atoms with van der Waals surface area (Å²) in [7, 11) is 0. The summed E-state index contributed by atoms with van der Waals surface area (Å²) in [5.41, 5.74) is 1.94. The van der Waals surface area contributed by atoms with Crippen molar-refractivity contribution in [2.45, 2.75) is 57.8 Å². The highest BCUT2D eigenvalue weighted by molar-refractivity contribution is 6.12. The van der Waals surface area contributed by atoms with E-state index in [0.29, 0.717) is 17.0 Å². The van der Waals surface area contributed by atoms with Crippen LogP contribution in [-0.4, -0.2) is 48.0 Å². The van der Waals surface area contributed by atoms with E-state index < -0.39 is 18.1 Å². The van der Waals surface area contributed by atoms with Gasteiger partial charge in [-0.2, -0.15) is 0 Å². The van der Waals surface area contributed by atoms with Gasteiger partial charge in [0.2, 0.25) is 5.91 Å². The number of nitrogens with one attached hydrogen (secondary N) is 2. The summed E-state index contributed by atoms with van der Waals surface area (Å²) in [5.74, 6) is -0.963. The summed E-state index contributed by atoms with van der Waals surface area (Å²) < 4.78 is 42.2. The molecule has 3 aromatic rings. The molecule has 1 aliphatic carbocycles. The first kappa shape index (κ1) is 29.0. The molecule has 1 fully saturated rings. The zero-order chi connectivity index (χ0) is 29.7. The van der Waals surface area contributed by atoms with Crippen molar-refractivity contribution >= 4 is 23.2 Å². The second kappa shape index (κ2) is 12.5. The standard InChI is InChI=1S/C31H32F2N4O5/c1-2-37(21-13-14-25-27(17-21)42-31(32,33)41-25)28(38)19-36-30(39)29-23(24(34)16-20-8-7-15-35-18-20)11-6-12-26(29)40-22-9-4-3-5-10-22/h6-8,11-15,17-18,22,34H,2-5,9-10,16,19H2,1H3,(H,36,39). The number of halogens is 2. The molecule has 220 valence electrons. The Morgan fingerprint density at radius 2 is 1.88 bits per heavy atom. The molecule has 9 nitrogen and oxygen atoms in total. The molecule has 42 heavy (non-hydrogen) atoms. The van der Waals surface area contributed by atoms with Gasteiger partial charge >= 0.3 is 6.29 Å². The van der Waals surface area contributed by atoms with Crippen LogP contribution in [0.4, 0.5) is 14.5 Å². The van der Waals surface area contributed by atoms with E-state index in [1.165, 1.54) is 23.1 Å². The summed E-state index contributed by atoms with van der Waals surface area (Å²) >= 11 is 0. The van der Waals surface area contributed by atoms with Gasteiger partial charge in [0.05, 0.1) is 18.2 Å². The lowest BCUT2D eigenvalue weighted by Crippen LogP contribution is -2.40. The molecule has 1 aliphatic heterocycles. The number of rotatable bonds is 10. The summed E-state index contributed by atoms with van der Waals surface area (Å²) in [4.78, 5) is 32.3. The number of ether oxygens (including phenoxy) is 3. The van der Waals surface area contributed by atoms with Gasteiger partial charge in [0.15, 0.2) is 11.5 Å². The number of benzene rings is 2. The van der Waals surface area contributed by atoms with Crippen molar-refractivity contribution in [1.29, 1.82) is 5.41 Å². The van der Waals surface area contributed by atoms with Crippen molar-refractivity contribution in [3.8, 4) is 17.2 Å². The number of hydrogen-bond donors (Lipinski definition) is 2. The van der Waals surface area contributed by atoms with Crippen LogP contribution in [0.15, 0.2) is 60.9 Å². The second-order valence-electron chi connectivity index (χ2n) is 10.2. The molecule has 11 heteroatoms. The number of alkyl halides is 2. The van der Waals surface area contributed by atoms with Crippen molar-refractivity contribution in [3.63, 3.8) is 0 Å². The van der Waals surface area contributed by atoms with Gasteiger partial charge in [0, 0.05) is 48.4 Å². The molecule has 2 aromatic carbocycles. The van der Waals surface area contributed by atoms with E-state index in [4.69, 9.17) is 10.1 Å². The Morgan fingerprint density at radius 1 is 1.10 bits per heavy atom. The van der Waals surface area contributed by atoms with Crippen LogP contribution >= 0.6 is 0 Å². The predicted octanol–water partition coefficient (Wildman–Crippen LogP) is 5.51. The lowest BCUT2D eigenvalue weighted by molar-refractivity contribution is -0.286. The lowest BCUT2D eigenvalue weighted by Gasteiger charge is -2.25. The second-order valence-corrected chi connectivity index (χ2v) is 10.2. The number of amides is 2. The molecule has 2 heterocycles. The minimum absolute atomic E-state index is 0.0383. The highest BCUT2D eigenvalue weighted by atomic mass is 19.3. The molecule has 0 atom stereocenters. The molecule has 0 bridgehead atoms. The number of carbonyl (C=O) groups is 2. The van der Waals surface area contributed by atoms with Gasteiger partial charge < -0.3 is 29.8 Å². The number of carbonyl (C=O) groups excluding carboxylic acids is 2. The topological polar surface area (TPSA) is 114 Å². The van der Waals surface area contributed by atoms with Gasteiger partial charge in [-0.25, -0.2) is 0 Å². The van der Waals surface area contributed by atoms with Gasteiger partial charge in [-0.1, -0.05) is 24.6 Å². The van der Waals surface area contributed by atoms with E-state index in [1.54, 1.807) is 43.6 Å². The third-order valence-corrected chi connectivity index (χ3v) is 7.24. The number of hydrogen-bond acceptors (Lipinski definition) is 7. The van der Waals surface area contributed by atoms with Crippen molar-refractivity contribution < 1.29 is 32.6 Å². The molecule has 1 aromatic heterocycles. The molecule has 1 saturated carbocycles. The number of aromatic nitrogens is 1. The van der Waals surface area contributed by atoms with E-state index in [2.05, 4.69) is 19.8 Å². The number of fused-ring (bicyclic) bond motifs is 1. The van der Waals surface area contributed by atoms with Gasteiger partial charge in [-0.3, -0.25) is 14.6 Å². The molecule has 2 aliphatic rings. The summed E-state index contributed by atoms with van der Waals surface area (Å²) in [6, 6.07) is 12.9. The van der Waals surface area contributed by atoms with Crippen molar-refractivity contribution in [2.75, 3.05) is 18.0 Å². The molecular weight excluding hydrogens is 546 g/mol.